The third kappa shape index (κ3) is 4.74. The van der Waals surface area contributed by atoms with Crippen molar-refractivity contribution in [2.75, 3.05) is 5.75 Å². The second-order valence-corrected chi connectivity index (χ2v) is 5.30. The van der Waals surface area contributed by atoms with Gasteiger partial charge in [0.2, 0.25) is 0 Å². The molecule has 16 heavy (non-hydrogen) atoms. The van der Waals surface area contributed by atoms with Crippen molar-refractivity contribution in [3.8, 4) is 0 Å². The molecule has 1 rings (SSSR count). The van der Waals surface area contributed by atoms with Gasteiger partial charge in [0, 0.05) is 17.7 Å². The summed E-state index contributed by atoms with van der Waals surface area (Å²) in [5, 5.41) is 11.6. The van der Waals surface area contributed by atoms with E-state index >= 15 is 0 Å². The van der Waals surface area contributed by atoms with E-state index < -0.39 is 12.0 Å². The van der Waals surface area contributed by atoms with Crippen molar-refractivity contribution < 1.29 is 14.7 Å². The standard InChI is InChI=1S/C10H18N2O3S/c11-10(15)12-7-5-6-16-8(7)3-1-2-4-9(13)14/h7-8H,1-6H2,(H,13,14)(H3,11,12,15)/t7-,8-/m0/s1. The van der Waals surface area contributed by atoms with E-state index in [1.165, 1.54) is 0 Å². The van der Waals surface area contributed by atoms with E-state index in [9.17, 15) is 9.59 Å². The summed E-state index contributed by atoms with van der Waals surface area (Å²) < 4.78 is 0. The summed E-state index contributed by atoms with van der Waals surface area (Å²) >= 11 is 1.83. The summed E-state index contributed by atoms with van der Waals surface area (Å²) in [5.41, 5.74) is 5.09. The van der Waals surface area contributed by atoms with Gasteiger partial charge in [-0.15, -0.1) is 0 Å². The van der Waals surface area contributed by atoms with Gasteiger partial charge in [-0.25, -0.2) is 4.79 Å². The number of carboxylic acids is 1. The fraction of sp³-hybridized carbons (Fsp3) is 0.800. The molecule has 0 bridgehead atoms. The second kappa shape index (κ2) is 6.62. The first-order valence-electron chi connectivity index (χ1n) is 5.49. The minimum Gasteiger partial charge on any atom is -0.481 e. The number of unbranched alkanes of at least 4 members (excludes halogenated alkanes) is 1. The average Bonchev–Trinajstić information content (AvgIpc) is 2.59. The number of hydrogen-bond acceptors (Lipinski definition) is 3. The molecule has 6 heteroatoms. The first kappa shape index (κ1) is 13.2. The predicted molar refractivity (Wildman–Crippen MR) is 63.5 cm³/mol. The van der Waals surface area contributed by atoms with Crippen LogP contribution < -0.4 is 11.1 Å². The predicted octanol–water partition coefficient (Wildman–Crippen LogP) is 1.17. The highest BCUT2D eigenvalue weighted by atomic mass is 32.2. The van der Waals surface area contributed by atoms with Gasteiger partial charge in [-0.2, -0.15) is 11.8 Å². The Morgan fingerprint density at radius 2 is 2.19 bits per heavy atom. The molecular formula is C10H18N2O3S. The van der Waals surface area contributed by atoms with Gasteiger partial charge in [0.25, 0.3) is 0 Å². The molecule has 2 amide bonds. The number of amides is 2. The fourth-order valence-electron chi connectivity index (χ4n) is 1.90. The zero-order valence-electron chi connectivity index (χ0n) is 9.15. The minimum atomic E-state index is -0.745. The lowest BCUT2D eigenvalue weighted by atomic mass is 10.1. The van der Waals surface area contributed by atoms with E-state index in [4.69, 9.17) is 10.8 Å². The number of aliphatic carboxylic acids is 1. The Balaban J connectivity index is 2.19. The third-order valence-electron chi connectivity index (χ3n) is 2.67. The number of nitrogens with one attached hydrogen (secondary N) is 1. The van der Waals surface area contributed by atoms with Gasteiger partial charge in [-0.3, -0.25) is 4.79 Å². The van der Waals surface area contributed by atoms with Crippen molar-refractivity contribution in [2.45, 2.75) is 43.4 Å². The molecule has 1 heterocycles. The largest absolute Gasteiger partial charge is 0.481 e. The first-order chi connectivity index (χ1) is 7.59. The summed E-state index contributed by atoms with van der Waals surface area (Å²) in [7, 11) is 0. The number of rotatable bonds is 6. The quantitative estimate of drug-likeness (QED) is 0.613. The molecule has 0 unspecified atom stereocenters. The molecule has 92 valence electrons. The van der Waals surface area contributed by atoms with Crippen LogP contribution in [0, 0.1) is 0 Å². The summed E-state index contributed by atoms with van der Waals surface area (Å²) in [6.45, 7) is 0. The van der Waals surface area contributed by atoms with Gasteiger partial charge in [-0.1, -0.05) is 6.42 Å². The van der Waals surface area contributed by atoms with Gasteiger partial charge in [-0.05, 0) is 25.0 Å². The maximum absolute atomic E-state index is 10.7. The molecular weight excluding hydrogens is 228 g/mol. The van der Waals surface area contributed by atoms with Crippen molar-refractivity contribution in [3.63, 3.8) is 0 Å². The highest BCUT2D eigenvalue weighted by Crippen LogP contribution is 2.30. The van der Waals surface area contributed by atoms with E-state index in [1.54, 1.807) is 0 Å². The molecule has 5 nitrogen and oxygen atoms in total. The molecule has 0 spiro atoms. The van der Waals surface area contributed by atoms with Crippen LogP contribution in [0.4, 0.5) is 4.79 Å². The lowest BCUT2D eigenvalue weighted by Gasteiger charge is -2.18. The van der Waals surface area contributed by atoms with Crippen LogP contribution in [0.25, 0.3) is 0 Å². The van der Waals surface area contributed by atoms with Gasteiger partial charge in [0.05, 0.1) is 0 Å². The van der Waals surface area contributed by atoms with Gasteiger partial charge >= 0.3 is 12.0 Å². The van der Waals surface area contributed by atoms with Crippen LogP contribution in [0.5, 0.6) is 0 Å². The first-order valence-corrected chi connectivity index (χ1v) is 6.54. The van der Waals surface area contributed by atoms with Crippen molar-refractivity contribution in [1.29, 1.82) is 0 Å². The summed E-state index contributed by atoms with van der Waals surface area (Å²) in [5.74, 6) is 0.292. The SMILES string of the molecule is NC(=O)N[C@H]1CCS[C@H]1CCCCC(=O)O. The molecule has 0 aliphatic carbocycles. The van der Waals surface area contributed by atoms with E-state index in [1.807, 2.05) is 11.8 Å². The molecule has 0 aromatic rings. The number of primary amides is 1. The van der Waals surface area contributed by atoms with Crippen LogP contribution in [0.2, 0.25) is 0 Å². The lowest BCUT2D eigenvalue weighted by molar-refractivity contribution is -0.137. The fourth-order valence-corrected chi connectivity index (χ4v) is 3.37. The highest BCUT2D eigenvalue weighted by molar-refractivity contribution is 8.00. The van der Waals surface area contributed by atoms with Gasteiger partial charge in [0.15, 0.2) is 0 Å². The molecule has 2 atom stereocenters. The molecule has 1 saturated heterocycles. The van der Waals surface area contributed by atoms with Crippen molar-refractivity contribution in [1.82, 2.24) is 5.32 Å². The number of carboxylic acid groups (broad SMARTS) is 1. The number of nitrogens with two attached hydrogens (primary N) is 1. The third-order valence-corrected chi connectivity index (χ3v) is 4.13. The average molecular weight is 246 g/mol. The van der Waals surface area contributed by atoms with E-state index in [2.05, 4.69) is 5.32 Å². The summed E-state index contributed by atoms with van der Waals surface area (Å²) in [6.07, 6.45) is 3.72. The molecule has 1 aliphatic rings. The minimum absolute atomic E-state index is 0.160. The van der Waals surface area contributed by atoms with Crippen LogP contribution in [0.3, 0.4) is 0 Å². The van der Waals surface area contributed by atoms with E-state index in [-0.39, 0.29) is 12.5 Å². The zero-order valence-corrected chi connectivity index (χ0v) is 9.96. The summed E-state index contributed by atoms with van der Waals surface area (Å²) in [6, 6.07) is -0.310. The number of urea groups is 1. The smallest absolute Gasteiger partial charge is 0.312 e. The maximum atomic E-state index is 10.7. The topological polar surface area (TPSA) is 92.4 Å². The Morgan fingerprint density at radius 1 is 1.44 bits per heavy atom. The Kier molecular flexibility index (Phi) is 5.45. The van der Waals surface area contributed by atoms with Gasteiger partial charge < -0.3 is 16.2 Å². The Hall–Kier alpha value is -0.910. The van der Waals surface area contributed by atoms with Crippen LogP contribution in [0.15, 0.2) is 0 Å². The Labute approximate surface area is 99.1 Å². The molecule has 4 N–H and O–H groups in total. The number of thioether (sulfide) groups is 1. The van der Waals surface area contributed by atoms with Crippen molar-refractivity contribution in [3.05, 3.63) is 0 Å². The van der Waals surface area contributed by atoms with Crippen molar-refractivity contribution in [2.24, 2.45) is 5.73 Å². The molecule has 1 fully saturated rings. The number of hydrogen-bond donors (Lipinski definition) is 3. The lowest BCUT2D eigenvalue weighted by Crippen LogP contribution is -2.42. The van der Waals surface area contributed by atoms with Gasteiger partial charge in [0.1, 0.15) is 0 Å². The summed E-state index contributed by atoms with van der Waals surface area (Å²) in [4.78, 5) is 21.1. The molecule has 0 aromatic heterocycles. The number of carbonyl (C=O) groups excluding carboxylic acids is 1. The van der Waals surface area contributed by atoms with Crippen LogP contribution in [0.1, 0.15) is 32.1 Å². The van der Waals surface area contributed by atoms with E-state index in [0.717, 1.165) is 25.0 Å². The maximum Gasteiger partial charge on any atom is 0.312 e. The van der Waals surface area contributed by atoms with Crippen LogP contribution in [-0.4, -0.2) is 34.2 Å². The second-order valence-electron chi connectivity index (χ2n) is 3.95. The van der Waals surface area contributed by atoms with Crippen LogP contribution >= 0.6 is 11.8 Å². The molecule has 1 aliphatic heterocycles. The molecule has 0 aromatic carbocycles. The Morgan fingerprint density at radius 3 is 2.81 bits per heavy atom. The zero-order chi connectivity index (χ0) is 12.0. The Bertz CT molecular complexity index is 260. The molecule has 0 radical (unpaired) electrons. The highest BCUT2D eigenvalue weighted by Gasteiger charge is 2.28. The monoisotopic (exact) mass is 246 g/mol. The van der Waals surface area contributed by atoms with Crippen molar-refractivity contribution >= 4 is 23.8 Å². The number of carbonyl (C=O) groups is 2. The molecule has 0 saturated carbocycles. The van der Waals surface area contributed by atoms with Crippen LogP contribution in [-0.2, 0) is 4.79 Å². The normalized spacial score (nSPS) is 24.2. The van der Waals surface area contributed by atoms with E-state index in [0.29, 0.717) is 11.7 Å².